The van der Waals surface area contributed by atoms with Gasteiger partial charge in [0, 0.05) is 12.7 Å². The second-order valence-corrected chi connectivity index (χ2v) is 3.30. The van der Waals surface area contributed by atoms with Crippen molar-refractivity contribution in [2.24, 2.45) is 0 Å². The Balaban J connectivity index is 2.97. The van der Waals surface area contributed by atoms with Crippen LogP contribution in [-0.2, 0) is 4.74 Å². The number of nitrogens with two attached hydrogens (primary N) is 1. The topological polar surface area (TPSA) is 81.8 Å². The van der Waals surface area contributed by atoms with Gasteiger partial charge < -0.3 is 20.3 Å². The lowest BCUT2D eigenvalue weighted by molar-refractivity contribution is 0.0695. The molecule has 3 N–H and O–H groups in total. The van der Waals surface area contributed by atoms with Gasteiger partial charge >= 0.3 is 5.97 Å². The third-order valence-electron chi connectivity index (χ3n) is 2.20. The highest BCUT2D eigenvalue weighted by Gasteiger charge is 2.13. The second kappa shape index (κ2) is 5.37. The van der Waals surface area contributed by atoms with Crippen LogP contribution in [0.3, 0.4) is 0 Å². The molecule has 0 saturated carbocycles. The summed E-state index contributed by atoms with van der Waals surface area (Å²) >= 11 is 0. The number of hydrogen-bond donors (Lipinski definition) is 2. The third kappa shape index (κ3) is 2.64. The number of anilines is 1. The van der Waals surface area contributed by atoms with Crippen LogP contribution in [0.5, 0.6) is 5.75 Å². The highest BCUT2D eigenvalue weighted by Crippen LogP contribution is 2.28. The highest BCUT2D eigenvalue weighted by molar-refractivity contribution is 5.91. The Morgan fingerprint density at radius 1 is 1.44 bits per heavy atom. The molecule has 0 bridgehead atoms. The number of methoxy groups -OCH3 is 1. The van der Waals surface area contributed by atoms with E-state index < -0.39 is 5.97 Å². The SMILES string of the molecule is COCCOc1c(N)ccc(C(=O)O)c1C. The molecular formula is C11H15NO4. The molecule has 0 aromatic heterocycles. The first kappa shape index (κ1) is 12.3. The van der Waals surface area contributed by atoms with E-state index in [2.05, 4.69) is 0 Å². The lowest BCUT2D eigenvalue weighted by Crippen LogP contribution is -2.09. The van der Waals surface area contributed by atoms with Crippen LogP contribution in [-0.4, -0.2) is 31.4 Å². The van der Waals surface area contributed by atoms with Crippen molar-refractivity contribution in [3.63, 3.8) is 0 Å². The van der Waals surface area contributed by atoms with Gasteiger partial charge in [0.1, 0.15) is 12.4 Å². The van der Waals surface area contributed by atoms with Gasteiger partial charge in [0.05, 0.1) is 17.9 Å². The Labute approximate surface area is 93.8 Å². The van der Waals surface area contributed by atoms with Gasteiger partial charge in [-0.15, -0.1) is 0 Å². The normalized spacial score (nSPS) is 10.1. The fraction of sp³-hybridized carbons (Fsp3) is 0.364. The molecular weight excluding hydrogens is 210 g/mol. The zero-order valence-corrected chi connectivity index (χ0v) is 9.32. The molecule has 88 valence electrons. The van der Waals surface area contributed by atoms with E-state index in [1.54, 1.807) is 14.0 Å². The zero-order valence-electron chi connectivity index (χ0n) is 9.32. The summed E-state index contributed by atoms with van der Waals surface area (Å²) in [5.74, 6) is -0.578. The van der Waals surface area contributed by atoms with E-state index in [0.717, 1.165) is 0 Å². The van der Waals surface area contributed by atoms with Crippen LogP contribution in [0.2, 0.25) is 0 Å². The predicted octanol–water partition coefficient (Wildman–Crippen LogP) is 1.30. The van der Waals surface area contributed by atoms with Crippen LogP contribution in [0.4, 0.5) is 5.69 Å². The fourth-order valence-corrected chi connectivity index (χ4v) is 1.36. The van der Waals surface area contributed by atoms with Crippen molar-refractivity contribution < 1.29 is 19.4 Å². The Morgan fingerprint density at radius 3 is 2.69 bits per heavy atom. The molecule has 5 nitrogen and oxygen atoms in total. The average molecular weight is 225 g/mol. The maximum atomic E-state index is 10.9. The van der Waals surface area contributed by atoms with Gasteiger partial charge in [-0.3, -0.25) is 0 Å². The summed E-state index contributed by atoms with van der Waals surface area (Å²) in [5.41, 5.74) is 6.87. The summed E-state index contributed by atoms with van der Waals surface area (Å²) in [6, 6.07) is 2.99. The van der Waals surface area contributed by atoms with Gasteiger partial charge in [-0.1, -0.05) is 0 Å². The Hall–Kier alpha value is -1.75. The molecule has 0 saturated heterocycles. The van der Waals surface area contributed by atoms with Crippen molar-refractivity contribution in [2.45, 2.75) is 6.92 Å². The molecule has 0 aliphatic heterocycles. The minimum Gasteiger partial charge on any atom is -0.489 e. The molecule has 1 aromatic carbocycles. The van der Waals surface area contributed by atoms with Gasteiger partial charge in [-0.05, 0) is 19.1 Å². The van der Waals surface area contributed by atoms with Crippen LogP contribution in [0.25, 0.3) is 0 Å². The summed E-state index contributed by atoms with van der Waals surface area (Å²) in [4.78, 5) is 10.9. The highest BCUT2D eigenvalue weighted by atomic mass is 16.5. The molecule has 0 amide bonds. The summed E-state index contributed by atoms with van der Waals surface area (Å²) in [5, 5.41) is 8.93. The Kier molecular flexibility index (Phi) is 4.13. The molecule has 0 atom stereocenters. The van der Waals surface area contributed by atoms with E-state index in [9.17, 15) is 4.79 Å². The van der Waals surface area contributed by atoms with Gasteiger partial charge in [0.15, 0.2) is 0 Å². The largest absolute Gasteiger partial charge is 0.489 e. The summed E-state index contributed by atoms with van der Waals surface area (Å²) < 4.78 is 10.2. The number of aromatic carboxylic acids is 1. The maximum Gasteiger partial charge on any atom is 0.336 e. The van der Waals surface area contributed by atoms with Gasteiger partial charge in [-0.2, -0.15) is 0 Å². The average Bonchev–Trinajstić information content (AvgIpc) is 2.22. The number of carboxylic acid groups (broad SMARTS) is 1. The molecule has 5 heteroatoms. The van der Waals surface area contributed by atoms with Gasteiger partial charge in [-0.25, -0.2) is 4.79 Å². The van der Waals surface area contributed by atoms with Crippen molar-refractivity contribution in [3.05, 3.63) is 23.3 Å². The Morgan fingerprint density at radius 2 is 2.12 bits per heavy atom. The van der Waals surface area contributed by atoms with Gasteiger partial charge in [0.2, 0.25) is 0 Å². The quantitative estimate of drug-likeness (QED) is 0.583. The van der Waals surface area contributed by atoms with Crippen LogP contribution < -0.4 is 10.5 Å². The van der Waals surface area contributed by atoms with Crippen LogP contribution >= 0.6 is 0 Å². The smallest absolute Gasteiger partial charge is 0.336 e. The van der Waals surface area contributed by atoms with Crippen molar-refractivity contribution in [3.8, 4) is 5.75 Å². The number of ether oxygens (including phenoxy) is 2. The van der Waals surface area contributed by atoms with Crippen LogP contribution in [0.1, 0.15) is 15.9 Å². The molecule has 0 unspecified atom stereocenters. The molecule has 0 aliphatic carbocycles. The number of carboxylic acids is 1. The van der Waals surface area contributed by atoms with E-state index in [4.69, 9.17) is 20.3 Å². The van der Waals surface area contributed by atoms with E-state index >= 15 is 0 Å². The number of benzene rings is 1. The first-order chi connectivity index (χ1) is 7.57. The number of nitrogen functional groups attached to an aromatic ring is 1. The predicted molar refractivity (Wildman–Crippen MR) is 59.9 cm³/mol. The third-order valence-corrected chi connectivity index (χ3v) is 2.20. The molecule has 0 spiro atoms. The van der Waals surface area contributed by atoms with E-state index in [0.29, 0.717) is 30.2 Å². The Bertz CT molecular complexity index is 390. The van der Waals surface area contributed by atoms with Gasteiger partial charge in [0.25, 0.3) is 0 Å². The minimum atomic E-state index is -0.992. The number of rotatable bonds is 5. The second-order valence-electron chi connectivity index (χ2n) is 3.30. The molecule has 1 aromatic rings. The monoisotopic (exact) mass is 225 g/mol. The van der Waals surface area contributed by atoms with Crippen LogP contribution in [0, 0.1) is 6.92 Å². The standard InChI is InChI=1S/C11H15NO4/c1-7-8(11(13)14)3-4-9(12)10(7)16-6-5-15-2/h3-4H,5-6,12H2,1-2H3,(H,13,14). The van der Waals surface area contributed by atoms with E-state index in [1.807, 2.05) is 0 Å². The number of hydrogen-bond acceptors (Lipinski definition) is 4. The molecule has 0 radical (unpaired) electrons. The minimum absolute atomic E-state index is 0.196. The first-order valence-corrected chi connectivity index (χ1v) is 4.82. The van der Waals surface area contributed by atoms with E-state index in [1.165, 1.54) is 12.1 Å². The van der Waals surface area contributed by atoms with E-state index in [-0.39, 0.29) is 5.56 Å². The zero-order chi connectivity index (χ0) is 12.1. The first-order valence-electron chi connectivity index (χ1n) is 4.82. The van der Waals surface area contributed by atoms with Crippen molar-refractivity contribution >= 4 is 11.7 Å². The molecule has 16 heavy (non-hydrogen) atoms. The summed E-state index contributed by atoms with van der Waals surface area (Å²) in [6.07, 6.45) is 0. The summed E-state index contributed by atoms with van der Waals surface area (Å²) in [6.45, 7) is 2.43. The molecule has 1 rings (SSSR count). The lowest BCUT2D eigenvalue weighted by atomic mass is 10.1. The molecule has 0 heterocycles. The van der Waals surface area contributed by atoms with Crippen LogP contribution in [0.15, 0.2) is 12.1 Å². The molecule has 0 fully saturated rings. The molecule has 0 aliphatic rings. The van der Waals surface area contributed by atoms with Crippen molar-refractivity contribution in [1.29, 1.82) is 0 Å². The maximum absolute atomic E-state index is 10.9. The van der Waals surface area contributed by atoms with Crippen molar-refractivity contribution in [1.82, 2.24) is 0 Å². The fourth-order valence-electron chi connectivity index (χ4n) is 1.36. The summed E-state index contributed by atoms with van der Waals surface area (Å²) in [7, 11) is 1.56. The van der Waals surface area contributed by atoms with Crippen molar-refractivity contribution in [2.75, 3.05) is 26.1 Å². The number of carbonyl (C=O) groups is 1. The lowest BCUT2D eigenvalue weighted by Gasteiger charge is -2.13.